The van der Waals surface area contributed by atoms with Crippen molar-refractivity contribution in [3.63, 3.8) is 0 Å². The Kier molecular flexibility index (Phi) is 8.92. The molecule has 1 N–H and O–H groups in total. The average Bonchev–Trinajstić information content (AvgIpc) is 2.95. The van der Waals surface area contributed by atoms with Crippen molar-refractivity contribution in [2.75, 3.05) is 13.7 Å². The molecule has 0 saturated carbocycles. The van der Waals surface area contributed by atoms with Crippen LogP contribution in [0.5, 0.6) is 5.88 Å². The van der Waals surface area contributed by atoms with E-state index in [9.17, 15) is 23.6 Å². The summed E-state index contributed by atoms with van der Waals surface area (Å²) in [6.07, 6.45) is 2.38. The summed E-state index contributed by atoms with van der Waals surface area (Å²) in [5.74, 6) is -2.01. The molecule has 0 radical (unpaired) electrons. The van der Waals surface area contributed by atoms with Crippen LogP contribution < -0.4 is 5.56 Å². The molecule has 0 aliphatic carbocycles. The third-order valence-electron chi connectivity index (χ3n) is 6.25. The summed E-state index contributed by atoms with van der Waals surface area (Å²) in [4.78, 5) is 20.3. The zero-order chi connectivity index (χ0) is 29.7. The minimum absolute atomic E-state index is 0.0192. The Morgan fingerprint density at radius 1 is 1.12 bits per heavy atom. The maximum atomic E-state index is 15.3. The lowest BCUT2D eigenvalue weighted by molar-refractivity contribution is 0.0557. The van der Waals surface area contributed by atoms with Gasteiger partial charge >= 0.3 is 0 Å². The normalized spacial score (nSPS) is 12.3. The van der Waals surface area contributed by atoms with Gasteiger partial charge in [0.1, 0.15) is 24.3 Å². The standard InChI is InChI=1S/C29H27FN4O6S/c1-18(2)40-17-26-33-28(35)27(29(36)34(26)25(16-39-3)19-7-5-4-6-8-19)41(37,38)21-9-10-23(24(30)13-21)22-11-12-32-15-20(22)14-31/h4-13,15,18,25,35H,16-17H2,1-3H3/t25-/m0/s1. The van der Waals surface area contributed by atoms with E-state index >= 15 is 4.39 Å². The fourth-order valence-electron chi connectivity index (χ4n) is 4.32. The zero-order valence-corrected chi connectivity index (χ0v) is 23.3. The van der Waals surface area contributed by atoms with E-state index in [0.717, 1.165) is 16.7 Å². The first kappa shape index (κ1) is 29.5. The van der Waals surface area contributed by atoms with Crippen molar-refractivity contribution in [3.05, 3.63) is 100 Å². The predicted molar refractivity (Wildman–Crippen MR) is 146 cm³/mol. The van der Waals surface area contributed by atoms with Crippen LogP contribution in [0.15, 0.2) is 81.6 Å². The number of hydrogen-bond donors (Lipinski definition) is 1. The van der Waals surface area contributed by atoms with Crippen molar-refractivity contribution in [3.8, 4) is 23.1 Å². The first-order chi connectivity index (χ1) is 19.6. The first-order valence-corrected chi connectivity index (χ1v) is 14.0. The van der Waals surface area contributed by atoms with Crippen LogP contribution in [0, 0.1) is 17.1 Å². The summed E-state index contributed by atoms with van der Waals surface area (Å²) in [7, 11) is -3.35. The van der Waals surface area contributed by atoms with Gasteiger partial charge in [-0.05, 0) is 37.6 Å². The molecule has 212 valence electrons. The van der Waals surface area contributed by atoms with Gasteiger partial charge in [-0.15, -0.1) is 0 Å². The Bertz CT molecular complexity index is 1770. The number of aromatic hydroxyl groups is 1. The fraction of sp³-hybridized carbons (Fsp3) is 0.241. The Labute approximate surface area is 236 Å². The number of sulfone groups is 1. The maximum absolute atomic E-state index is 15.3. The Morgan fingerprint density at radius 3 is 2.49 bits per heavy atom. The van der Waals surface area contributed by atoms with Gasteiger partial charge in [0.15, 0.2) is 4.90 Å². The summed E-state index contributed by atoms with van der Waals surface area (Å²) in [6, 6.07) is 14.3. The van der Waals surface area contributed by atoms with Gasteiger partial charge in [-0.3, -0.25) is 14.3 Å². The Hall–Kier alpha value is -4.44. The van der Waals surface area contributed by atoms with Crippen LogP contribution in [0.4, 0.5) is 4.39 Å². The second-order valence-corrected chi connectivity index (χ2v) is 11.2. The molecule has 0 aliphatic heterocycles. The molecule has 2 heterocycles. The highest BCUT2D eigenvalue weighted by atomic mass is 32.2. The van der Waals surface area contributed by atoms with Crippen molar-refractivity contribution < 1.29 is 27.4 Å². The van der Waals surface area contributed by atoms with Crippen molar-refractivity contribution in [2.24, 2.45) is 0 Å². The summed E-state index contributed by atoms with van der Waals surface area (Å²) in [6.45, 7) is 3.31. The maximum Gasteiger partial charge on any atom is 0.277 e. The SMILES string of the molecule is COC[C@@H](c1ccccc1)n1c(COC(C)C)nc(O)c(S(=O)(=O)c2ccc(-c3ccncc3C#N)c(F)c2)c1=O. The molecule has 0 aliphatic rings. The van der Waals surface area contributed by atoms with Gasteiger partial charge in [0.2, 0.25) is 15.7 Å². The van der Waals surface area contributed by atoms with Crippen LogP contribution in [0.25, 0.3) is 11.1 Å². The number of pyridine rings is 1. The first-order valence-electron chi connectivity index (χ1n) is 12.5. The number of halogens is 1. The van der Waals surface area contributed by atoms with Crippen LogP contribution in [0.1, 0.15) is 36.8 Å². The lowest BCUT2D eigenvalue weighted by atomic mass is 10.0. The molecule has 0 fully saturated rings. The summed E-state index contributed by atoms with van der Waals surface area (Å²) in [5.41, 5.74) is -0.171. The average molecular weight is 579 g/mol. The summed E-state index contributed by atoms with van der Waals surface area (Å²) >= 11 is 0. The van der Waals surface area contributed by atoms with E-state index in [1.807, 2.05) is 6.07 Å². The molecule has 12 heteroatoms. The topological polar surface area (TPSA) is 144 Å². The number of methoxy groups -OCH3 is 1. The van der Waals surface area contributed by atoms with E-state index in [4.69, 9.17) is 9.47 Å². The van der Waals surface area contributed by atoms with E-state index in [0.29, 0.717) is 5.56 Å². The van der Waals surface area contributed by atoms with E-state index in [1.54, 1.807) is 44.2 Å². The highest BCUT2D eigenvalue weighted by molar-refractivity contribution is 7.91. The molecular formula is C29H27FN4O6S. The van der Waals surface area contributed by atoms with E-state index in [1.165, 1.54) is 31.6 Å². The lowest BCUT2D eigenvalue weighted by Gasteiger charge is -2.24. The molecule has 0 bridgehead atoms. The van der Waals surface area contributed by atoms with Crippen LogP contribution in [-0.2, 0) is 25.9 Å². The van der Waals surface area contributed by atoms with Crippen LogP contribution in [0.3, 0.4) is 0 Å². The number of rotatable bonds is 10. The third kappa shape index (κ3) is 6.02. The fourth-order valence-corrected chi connectivity index (χ4v) is 5.68. The molecule has 4 rings (SSSR count). The highest BCUT2D eigenvalue weighted by Crippen LogP contribution is 2.31. The predicted octanol–water partition coefficient (Wildman–Crippen LogP) is 4.02. The van der Waals surface area contributed by atoms with Gasteiger partial charge in [-0.1, -0.05) is 36.4 Å². The van der Waals surface area contributed by atoms with Gasteiger partial charge in [0, 0.05) is 30.6 Å². The number of nitriles is 1. The Morgan fingerprint density at radius 2 is 1.85 bits per heavy atom. The number of nitrogens with zero attached hydrogens (tertiary/aromatic N) is 4. The van der Waals surface area contributed by atoms with E-state index < -0.39 is 42.9 Å². The number of aromatic nitrogens is 3. The van der Waals surface area contributed by atoms with Crippen LogP contribution in [0.2, 0.25) is 0 Å². The minimum Gasteiger partial charge on any atom is -0.492 e. The zero-order valence-electron chi connectivity index (χ0n) is 22.5. The quantitative estimate of drug-likeness (QED) is 0.295. The monoisotopic (exact) mass is 578 g/mol. The van der Waals surface area contributed by atoms with Crippen molar-refractivity contribution >= 4 is 9.84 Å². The molecule has 0 spiro atoms. The second-order valence-electron chi connectivity index (χ2n) is 9.28. The second kappa shape index (κ2) is 12.4. The third-order valence-corrected chi connectivity index (χ3v) is 8.02. The molecule has 10 nitrogen and oxygen atoms in total. The van der Waals surface area contributed by atoms with Crippen molar-refractivity contribution in [2.45, 2.75) is 42.4 Å². The molecule has 0 unspecified atom stereocenters. The van der Waals surface area contributed by atoms with E-state index in [2.05, 4.69) is 9.97 Å². The molecule has 1 atom stereocenters. The molecule has 2 aromatic carbocycles. The number of benzene rings is 2. The summed E-state index contributed by atoms with van der Waals surface area (Å²) < 4.78 is 54.9. The van der Waals surface area contributed by atoms with Gasteiger partial charge in [-0.2, -0.15) is 10.2 Å². The van der Waals surface area contributed by atoms with E-state index in [-0.39, 0.29) is 41.8 Å². The summed E-state index contributed by atoms with van der Waals surface area (Å²) in [5, 5.41) is 20.1. The number of hydrogen-bond acceptors (Lipinski definition) is 9. The van der Waals surface area contributed by atoms with Crippen LogP contribution in [-0.4, -0.2) is 47.9 Å². The van der Waals surface area contributed by atoms with Crippen molar-refractivity contribution in [1.29, 1.82) is 5.26 Å². The van der Waals surface area contributed by atoms with Gasteiger partial charge in [0.05, 0.1) is 29.2 Å². The highest BCUT2D eigenvalue weighted by Gasteiger charge is 2.33. The smallest absolute Gasteiger partial charge is 0.277 e. The number of ether oxygens (including phenoxy) is 2. The van der Waals surface area contributed by atoms with Gasteiger partial charge in [-0.25, -0.2) is 12.8 Å². The van der Waals surface area contributed by atoms with Gasteiger partial charge in [0.25, 0.3) is 5.56 Å². The largest absolute Gasteiger partial charge is 0.492 e. The molecule has 2 aromatic heterocycles. The molecule has 4 aromatic rings. The van der Waals surface area contributed by atoms with Crippen LogP contribution >= 0.6 is 0 Å². The Balaban J connectivity index is 1.91. The minimum atomic E-state index is -4.78. The molecule has 0 saturated heterocycles. The lowest BCUT2D eigenvalue weighted by Crippen LogP contribution is -2.35. The molecule has 0 amide bonds. The van der Waals surface area contributed by atoms with Gasteiger partial charge < -0.3 is 14.6 Å². The molecule has 41 heavy (non-hydrogen) atoms. The van der Waals surface area contributed by atoms with Crippen molar-refractivity contribution in [1.82, 2.24) is 14.5 Å². The molecular weight excluding hydrogens is 551 g/mol.